The summed E-state index contributed by atoms with van der Waals surface area (Å²) in [6.07, 6.45) is 0.695. The lowest BCUT2D eigenvalue weighted by molar-refractivity contribution is 0.102. The van der Waals surface area contributed by atoms with E-state index >= 15 is 0 Å². The van der Waals surface area contributed by atoms with Crippen molar-refractivity contribution in [3.8, 4) is 5.75 Å². The maximum atomic E-state index is 12.0. The smallest absolute Gasteiger partial charge is 0.275 e. The highest BCUT2D eigenvalue weighted by Gasteiger charge is 2.10. The molecule has 0 radical (unpaired) electrons. The molecule has 1 aromatic carbocycles. The molecule has 0 bridgehead atoms. The summed E-state index contributed by atoms with van der Waals surface area (Å²) in [6.45, 7) is 3.08. The van der Waals surface area contributed by atoms with Crippen molar-refractivity contribution in [2.75, 3.05) is 18.5 Å². The molecule has 3 N–H and O–H groups in total. The summed E-state index contributed by atoms with van der Waals surface area (Å²) >= 11 is 1.45. The second kappa shape index (κ2) is 8.61. The largest absolute Gasteiger partial charge is 0.494 e. The van der Waals surface area contributed by atoms with E-state index in [0.29, 0.717) is 31.0 Å². The first-order chi connectivity index (χ1) is 9.72. The van der Waals surface area contributed by atoms with Gasteiger partial charge in [0.15, 0.2) is 0 Å². The van der Waals surface area contributed by atoms with E-state index in [0.717, 1.165) is 10.8 Å². The summed E-state index contributed by atoms with van der Waals surface area (Å²) in [6, 6.07) is 7.24. The van der Waals surface area contributed by atoms with Gasteiger partial charge in [-0.3, -0.25) is 4.79 Å². The van der Waals surface area contributed by atoms with E-state index in [4.69, 9.17) is 10.5 Å². The van der Waals surface area contributed by atoms with E-state index in [2.05, 4.69) is 10.3 Å². The number of nitrogens with zero attached hydrogens (tertiary/aromatic N) is 1. The number of aromatic nitrogens is 1. The maximum absolute atomic E-state index is 12.0. The Hall–Kier alpha value is -1.63. The number of amides is 1. The summed E-state index contributed by atoms with van der Waals surface area (Å²) in [4.78, 5) is 16.3. The summed E-state index contributed by atoms with van der Waals surface area (Å²) < 4.78 is 5.35. The molecule has 2 aromatic rings. The SMILES string of the molecule is CCOc1ccc(NC(=O)c2csc(CCN)n2)cc1.Cl. The first-order valence-electron chi connectivity index (χ1n) is 6.41. The molecule has 0 fully saturated rings. The van der Waals surface area contributed by atoms with Gasteiger partial charge in [-0.1, -0.05) is 0 Å². The standard InChI is InChI=1S/C14H17N3O2S.ClH/c1-2-19-11-5-3-10(4-6-11)16-14(18)12-9-20-13(17-12)7-8-15;/h3-6,9H,2,7-8,15H2,1H3,(H,16,18);1H. The summed E-state index contributed by atoms with van der Waals surface area (Å²) in [5.41, 5.74) is 6.60. The average Bonchev–Trinajstić information content (AvgIpc) is 2.90. The molecule has 5 nitrogen and oxygen atoms in total. The van der Waals surface area contributed by atoms with E-state index < -0.39 is 0 Å². The molecule has 21 heavy (non-hydrogen) atoms. The highest BCUT2D eigenvalue weighted by molar-refractivity contribution is 7.09. The molecule has 0 saturated heterocycles. The number of anilines is 1. The first kappa shape index (κ1) is 17.4. The Kier molecular flexibility index (Phi) is 7.14. The number of rotatable bonds is 6. The maximum Gasteiger partial charge on any atom is 0.275 e. The molecule has 0 aliphatic heterocycles. The number of carbonyl (C=O) groups excluding carboxylic acids is 1. The van der Waals surface area contributed by atoms with Gasteiger partial charge in [-0.2, -0.15) is 0 Å². The Morgan fingerprint density at radius 2 is 2.10 bits per heavy atom. The van der Waals surface area contributed by atoms with E-state index in [9.17, 15) is 4.79 Å². The zero-order valence-electron chi connectivity index (χ0n) is 11.7. The van der Waals surface area contributed by atoms with Crippen molar-refractivity contribution < 1.29 is 9.53 Å². The second-order valence-electron chi connectivity index (χ2n) is 4.08. The lowest BCUT2D eigenvalue weighted by Crippen LogP contribution is -2.12. The van der Waals surface area contributed by atoms with Gasteiger partial charge in [0.25, 0.3) is 5.91 Å². The van der Waals surface area contributed by atoms with Crippen LogP contribution in [0, 0.1) is 0 Å². The Bertz CT molecular complexity index is 572. The number of nitrogens with one attached hydrogen (secondary N) is 1. The molecule has 0 saturated carbocycles. The van der Waals surface area contributed by atoms with Crippen LogP contribution < -0.4 is 15.8 Å². The summed E-state index contributed by atoms with van der Waals surface area (Å²) in [5.74, 6) is 0.568. The zero-order chi connectivity index (χ0) is 14.4. The fourth-order valence-corrected chi connectivity index (χ4v) is 2.44. The fraction of sp³-hybridized carbons (Fsp3) is 0.286. The monoisotopic (exact) mass is 327 g/mol. The molecule has 1 amide bonds. The minimum absolute atomic E-state index is 0. The Morgan fingerprint density at radius 3 is 2.71 bits per heavy atom. The van der Waals surface area contributed by atoms with Crippen molar-refractivity contribution in [2.24, 2.45) is 5.73 Å². The molecule has 1 aromatic heterocycles. The van der Waals surface area contributed by atoms with E-state index in [1.807, 2.05) is 19.1 Å². The topological polar surface area (TPSA) is 77.2 Å². The number of carbonyl (C=O) groups is 1. The number of thiazole rings is 1. The van der Waals surface area contributed by atoms with Gasteiger partial charge in [-0.25, -0.2) is 4.98 Å². The normalized spacial score (nSPS) is 9.81. The van der Waals surface area contributed by atoms with Crippen LogP contribution in [0.15, 0.2) is 29.6 Å². The van der Waals surface area contributed by atoms with Crippen molar-refractivity contribution in [3.05, 3.63) is 40.3 Å². The molecule has 0 aliphatic carbocycles. The van der Waals surface area contributed by atoms with Crippen LogP contribution >= 0.6 is 23.7 Å². The minimum Gasteiger partial charge on any atom is -0.494 e. The zero-order valence-corrected chi connectivity index (χ0v) is 13.3. The van der Waals surface area contributed by atoms with Crippen LogP contribution in [0.3, 0.4) is 0 Å². The summed E-state index contributed by atoms with van der Waals surface area (Å²) in [5, 5.41) is 5.43. The van der Waals surface area contributed by atoms with Crippen LogP contribution in [0.1, 0.15) is 22.4 Å². The molecule has 0 aliphatic rings. The fourth-order valence-electron chi connectivity index (χ4n) is 1.65. The van der Waals surface area contributed by atoms with Gasteiger partial charge in [0.05, 0.1) is 11.6 Å². The van der Waals surface area contributed by atoms with Crippen LogP contribution in [-0.4, -0.2) is 24.0 Å². The van der Waals surface area contributed by atoms with Crippen LogP contribution in [0.25, 0.3) is 0 Å². The molecule has 114 valence electrons. The lowest BCUT2D eigenvalue weighted by atomic mass is 10.3. The number of benzene rings is 1. The van der Waals surface area contributed by atoms with E-state index in [-0.39, 0.29) is 18.3 Å². The number of hydrogen-bond donors (Lipinski definition) is 2. The average molecular weight is 328 g/mol. The predicted octanol–water partition coefficient (Wildman–Crippen LogP) is 2.72. The molecule has 0 unspecified atom stereocenters. The minimum atomic E-state index is -0.214. The first-order valence-corrected chi connectivity index (χ1v) is 7.29. The van der Waals surface area contributed by atoms with Crippen LogP contribution in [0.4, 0.5) is 5.69 Å². The molecule has 0 spiro atoms. The lowest BCUT2D eigenvalue weighted by Gasteiger charge is -2.05. The third-order valence-electron chi connectivity index (χ3n) is 2.57. The summed E-state index contributed by atoms with van der Waals surface area (Å²) in [7, 11) is 0. The van der Waals surface area contributed by atoms with Crippen molar-refractivity contribution in [3.63, 3.8) is 0 Å². The quantitative estimate of drug-likeness (QED) is 0.855. The second-order valence-corrected chi connectivity index (χ2v) is 5.02. The Labute approximate surface area is 133 Å². The molecule has 7 heteroatoms. The van der Waals surface area contributed by atoms with Crippen LogP contribution in [0.2, 0.25) is 0 Å². The highest BCUT2D eigenvalue weighted by Crippen LogP contribution is 2.17. The van der Waals surface area contributed by atoms with Gasteiger partial charge in [-0.15, -0.1) is 23.7 Å². The van der Waals surface area contributed by atoms with E-state index in [1.165, 1.54) is 11.3 Å². The van der Waals surface area contributed by atoms with Crippen molar-refractivity contribution >= 4 is 35.3 Å². The van der Waals surface area contributed by atoms with Gasteiger partial charge in [0, 0.05) is 17.5 Å². The third-order valence-corrected chi connectivity index (χ3v) is 3.47. The van der Waals surface area contributed by atoms with Crippen molar-refractivity contribution in [1.29, 1.82) is 0 Å². The van der Waals surface area contributed by atoms with Crippen LogP contribution in [0.5, 0.6) is 5.75 Å². The number of halogens is 1. The molecular formula is C14H18ClN3O2S. The molecule has 0 atom stereocenters. The highest BCUT2D eigenvalue weighted by atomic mass is 35.5. The van der Waals surface area contributed by atoms with Gasteiger partial charge in [0.2, 0.25) is 0 Å². The van der Waals surface area contributed by atoms with Gasteiger partial charge >= 0.3 is 0 Å². The third kappa shape index (κ3) is 5.00. The molecular weight excluding hydrogens is 310 g/mol. The number of nitrogens with two attached hydrogens (primary N) is 1. The molecule has 2 rings (SSSR count). The Morgan fingerprint density at radius 1 is 1.38 bits per heavy atom. The van der Waals surface area contributed by atoms with Crippen LogP contribution in [-0.2, 0) is 6.42 Å². The predicted molar refractivity (Wildman–Crippen MR) is 87.7 cm³/mol. The van der Waals surface area contributed by atoms with Gasteiger partial charge in [0.1, 0.15) is 11.4 Å². The van der Waals surface area contributed by atoms with Crippen molar-refractivity contribution in [1.82, 2.24) is 4.98 Å². The van der Waals surface area contributed by atoms with Gasteiger partial charge < -0.3 is 15.8 Å². The van der Waals surface area contributed by atoms with Crippen molar-refractivity contribution in [2.45, 2.75) is 13.3 Å². The number of ether oxygens (including phenoxy) is 1. The van der Waals surface area contributed by atoms with Gasteiger partial charge in [-0.05, 0) is 37.7 Å². The molecule has 1 heterocycles. The Balaban J connectivity index is 0.00000220. The number of hydrogen-bond acceptors (Lipinski definition) is 5. The van der Waals surface area contributed by atoms with E-state index in [1.54, 1.807) is 17.5 Å².